The van der Waals surface area contributed by atoms with Crippen LogP contribution in [-0.2, 0) is 4.79 Å². The number of thiazole rings is 1. The molecule has 0 saturated carbocycles. The van der Waals surface area contributed by atoms with Crippen LogP contribution in [-0.4, -0.2) is 55.7 Å². The third-order valence-corrected chi connectivity index (χ3v) is 5.84. The SMILES string of the molecule is Cc1ccc2nc(N(CCCN(C)C)C(=O)[C@@H]3COc4ccccc4O3)sc2c1. The number of carbonyl (C=O) groups is 1. The minimum atomic E-state index is -0.682. The second kappa shape index (κ2) is 8.39. The van der Waals surface area contributed by atoms with Crippen LogP contribution in [0.3, 0.4) is 0 Å². The summed E-state index contributed by atoms with van der Waals surface area (Å²) in [5, 5.41) is 0.705. The third-order valence-electron chi connectivity index (χ3n) is 4.80. The first kappa shape index (κ1) is 19.7. The molecule has 0 saturated heterocycles. The van der Waals surface area contributed by atoms with Gasteiger partial charge in [-0.25, -0.2) is 4.98 Å². The van der Waals surface area contributed by atoms with Crippen molar-refractivity contribution in [3.8, 4) is 11.5 Å². The second-order valence-corrected chi connectivity index (χ2v) is 8.49. The molecule has 1 aliphatic rings. The van der Waals surface area contributed by atoms with E-state index in [9.17, 15) is 4.79 Å². The Kier molecular flexibility index (Phi) is 5.69. The fourth-order valence-electron chi connectivity index (χ4n) is 3.30. The van der Waals surface area contributed by atoms with Crippen molar-refractivity contribution in [1.29, 1.82) is 0 Å². The largest absolute Gasteiger partial charge is 0.485 e. The number of fused-ring (bicyclic) bond motifs is 2. The quantitative estimate of drug-likeness (QED) is 0.619. The predicted molar refractivity (Wildman–Crippen MR) is 116 cm³/mol. The van der Waals surface area contributed by atoms with Crippen molar-refractivity contribution in [2.24, 2.45) is 0 Å². The fraction of sp³-hybridized carbons (Fsp3) is 0.364. The number of ether oxygens (including phenoxy) is 2. The minimum Gasteiger partial charge on any atom is -0.485 e. The number of anilines is 1. The molecule has 0 radical (unpaired) electrons. The minimum absolute atomic E-state index is 0.117. The van der Waals surface area contributed by atoms with Gasteiger partial charge in [-0.3, -0.25) is 9.69 Å². The first-order valence-electron chi connectivity index (χ1n) is 9.73. The van der Waals surface area contributed by atoms with Gasteiger partial charge >= 0.3 is 0 Å². The number of nitrogens with zero attached hydrogens (tertiary/aromatic N) is 3. The molecule has 1 atom stereocenters. The maximum atomic E-state index is 13.4. The number of carbonyl (C=O) groups excluding carboxylic acids is 1. The zero-order chi connectivity index (χ0) is 20.4. The van der Waals surface area contributed by atoms with Gasteiger partial charge in [0, 0.05) is 6.54 Å². The fourth-order valence-corrected chi connectivity index (χ4v) is 4.39. The lowest BCUT2D eigenvalue weighted by molar-refractivity contribution is -0.127. The smallest absolute Gasteiger partial charge is 0.273 e. The summed E-state index contributed by atoms with van der Waals surface area (Å²) in [7, 11) is 4.06. The summed E-state index contributed by atoms with van der Waals surface area (Å²) in [5.74, 6) is 1.16. The van der Waals surface area contributed by atoms with Gasteiger partial charge in [-0.05, 0) is 63.8 Å². The molecule has 0 spiro atoms. The number of benzene rings is 2. The molecule has 0 aliphatic carbocycles. The highest BCUT2D eigenvalue weighted by atomic mass is 32.1. The summed E-state index contributed by atoms with van der Waals surface area (Å²) in [6.07, 6.45) is 0.163. The molecule has 29 heavy (non-hydrogen) atoms. The Morgan fingerprint density at radius 2 is 1.97 bits per heavy atom. The number of hydrogen-bond acceptors (Lipinski definition) is 6. The number of rotatable bonds is 6. The van der Waals surface area contributed by atoms with E-state index in [1.54, 1.807) is 16.2 Å². The maximum absolute atomic E-state index is 13.4. The van der Waals surface area contributed by atoms with Gasteiger partial charge in [0.25, 0.3) is 5.91 Å². The van der Waals surface area contributed by atoms with Crippen molar-refractivity contribution in [2.45, 2.75) is 19.4 Å². The number of para-hydroxylation sites is 2. The summed E-state index contributed by atoms with van der Waals surface area (Å²) >= 11 is 1.54. The van der Waals surface area contributed by atoms with Crippen LogP contribution in [0.15, 0.2) is 42.5 Å². The normalized spacial score (nSPS) is 15.7. The molecule has 2 aromatic carbocycles. The molecule has 1 aliphatic heterocycles. The van der Waals surface area contributed by atoms with E-state index in [0.29, 0.717) is 23.2 Å². The highest BCUT2D eigenvalue weighted by Crippen LogP contribution is 2.33. The highest BCUT2D eigenvalue weighted by Gasteiger charge is 2.33. The standard InChI is InChI=1S/C22H25N3O3S/c1-15-9-10-16-20(13-15)29-22(23-16)25(12-6-11-24(2)3)21(26)19-14-27-17-7-4-5-8-18(17)28-19/h4-5,7-10,13,19H,6,11-12,14H2,1-3H3/t19-/m0/s1. The van der Waals surface area contributed by atoms with E-state index in [-0.39, 0.29) is 12.5 Å². The zero-order valence-electron chi connectivity index (χ0n) is 16.9. The van der Waals surface area contributed by atoms with E-state index in [2.05, 4.69) is 17.9 Å². The van der Waals surface area contributed by atoms with Gasteiger partial charge in [-0.2, -0.15) is 0 Å². The van der Waals surface area contributed by atoms with E-state index in [0.717, 1.165) is 23.2 Å². The molecule has 3 aromatic rings. The van der Waals surface area contributed by atoms with Gasteiger partial charge in [0.2, 0.25) is 6.10 Å². The lowest BCUT2D eigenvalue weighted by Gasteiger charge is -2.29. The van der Waals surface area contributed by atoms with Gasteiger partial charge in [0.1, 0.15) is 6.61 Å². The van der Waals surface area contributed by atoms with Crippen molar-refractivity contribution in [2.75, 3.05) is 38.7 Å². The van der Waals surface area contributed by atoms with Crippen LogP contribution >= 0.6 is 11.3 Å². The van der Waals surface area contributed by atoms with Crippen LogP contribution in [0.1, 0.15) is 12.0 Å². The van der Waals surface area contributed by atoms with E-state index in [4.69, 9.17) is 14.5 Å². The third kappa shape index (κ3) is 4.36. The molecule has 1 amide bonds. The van der Waals surface area contributed by atoms with Crippen LogP contribution in [0.4, 0.5) is 5.13 Å². The van der Waals surface area contributed by atoms with Crippen molar-refractivity contribution in [1.82, 2.24) is 9.88 Å². The summed E-state index contributed by atoms with van der Waals surface area (Å²) in [4.78, 5) is 22.0. The summed E-state index contributed by atoms with van der Waals surface area (Å²) in [5.41, 5.74) is 2.09. The highest BCUT2D eigenvalue weighted by molar-refractivity contribution is 7.22. The Balaban J connectivity index is 1.60. The van der Waals surface area contributed by atoms with Gasteiger partial charge < -0.3 is 14.4 Å². The van der Waals surface area contributed by atoms with Crippen LogP contribution in [0, 0.1) is 6.92 Å². The Morgan fingerprint density at radius 3 is 2.76 bits per heavy atom. The lowest BCUT2D eigenvalue weighted by atomic mass is 10.2. The van der Waals surface area contributed by atoms with Gasteiger partial charge in [-0.1, -0.05) is 29.5 Å². The molecule has 0 bridgehead atoms. The van der Waals surface area contributed by atoms with Crippen LogP contribution in [0.5, 0.6) is 11.5 Å². The molecular formula is C22H25N3O3S. The number of aromatic nitrogens is 1. The summed E-state index contributed by atoms with van der Waals surface area (Å²) in [6.45, 7) is 3.73. The first-order chi connectivity index (χ1) is 14.0. The molecule has 152 valence electrons. The van der Waals surface area contributed by atoms with Crippen molar-refractivity contribution in [3.05, 3.63) is 48.0 Å². The Labute approximate surface area is 174 Å². The zero-order valence-corrected chi connectivity index (χ0v) is 17.7. The Morgan fingerprint density at radius 1 is 1.17 bits per heavy atom. The van der Waals surface area contributed by atoms with Gasteiger partial charge in [0.15, 0.2) is 16.6 Å². The number of aryl methyl sites for hydroxylation is 1. The summed E-state index contributed by atoms with van der Waals surface area (Å²) in [6, 6.07) is 13.6. The Bertz CT molecular complexity index is 1020. The Hall–Kier alpha value is -2.64. The van der Waals surface area contributed by atoms with Crippen molar-refractivity contribution < 1.29 is 14.3 Å². The summed E-state index contributed by atoms with van der Waals surface area (Å²) < 4.78 is 12.8. The first-order valence-corrected chi connectivity index (χ1v) is 10.5. The molecule has 2 heterocycles. The van der Waals surface area contributed by atoms with E-state index >= 15 is 0 Å². The molecule has 0 unspecified atom stereocenters. The van der Waals surface area contributed by atoms with Crippen LogP contribution < -0.4 is 14.4 Å². The van der Waals surface area contributed by atoms with Gasteiger partial charge in [-0.15, -0.1) is 0 Å². The van der Waals surface area contributed by atoms with Crippen LogP contribution in [0.25, 0.3) is 10.2 Å². The molecular weight excluding hydrogens is 386 g/mol. The molecule has 6 nitrogen and oxygen atoms in total. The maximum Gasteiger partial charge on any atom is 0.273 e. The van der Waals surface area contributed by atoms with Crippen molar-refractivity contribution in [3.63, 3.8) is 0 Å². The number of amides is 1. The second-order valence-electron chi connectivity index (χ2n) is 7.48. The molecule has 0 fully saturated rings. The van der Waals surface area contributed by atoms with Crippen LogP contribution in [0.2, 0.25) is 0 Å². The van der Waals surface area contributed by atoms with E-state index in [1.165, 1.54) is 5.56 Å². The number of hydrogen-bond donors (Lipinski definition) is 0. The lowest BCUT2D eigenvalue weighted by Crippen LogP contribution is -2.47. The molecule has 1 aromatic heterocycles. The van der Waals surface area contributed by atoms with Crippen molar-refractivity contribution >= 4 is 32.6 Å². The monoisotopic (exact) mass is 411 g/mol. The molecule has 0 N–H and O–H groups in total. The van der Waals surface area contributed by atoms with Gasteiger partial charge in [0.05, 0.1) is 10.2 Å². The molecule has 7 heteroatoms. The predicted octanol–water partition coefficient (Wildman–Crippen LogP) is 3.73. The average Bonchev–Trinajstić information content (AvgIpc) is 3.13. The van der Waals surface area contributed by atoms with E-state index < -0.39 is 6.10 Å². The molecule has 4 rings (SSSR count). The topological polar surface area (TPSA) is 54.9 Å². The average molecular weight is 412 g/mol. The van der Waals surface area contributed by atoms with E-state index in [1.807, 2.05) is 50.5 Å².